The van der Waals surface area contributed by atoms with Gasteiger partial charge in [0.2, 0.25) is 0 Å². The van der Waals surface area contributed by atoms with Crippen molar-refractivity contribution in [2.45, 2.75) is 189 Å². The van der Waals surface area contributed by atoms with E-state index < -0.39 is 5.97 Å². The van der Waals surface area contributed by atoms with Crippen LogP contribution in [-0.2, 0) is 4.79 Å². The molecule has 47 heavy (non-hydrogen) atoms. The first-order valence-corrected chi connectivity index (χ1v) is 20.4. The van der Waals surface area contributed by atoms with Crippen molar-refractivity contribution >= 4 is 5.97 Å². The van der Waals surface area contributed by atoms with Crippen molar-refractivity contribution in [1.82, 2.24) is 0 Å². The molecule has 0 aliphatic heterocycles. The van der Waals surface area contributed by atoms with Crippen molar-refractivity contribution < 1.29 is 15.0 Å². The van der Waals surface area contributed by atoms with Crippen LogP contribution < -0.4 is 0 Å². The molecule has 0 heterocycles. The number of hydrogen-bond donors (Lipinski definition) is 2. The lowest BCUT2D eigenvalue weighted by atomic mass is 9.42. The Kier molecular flexibility index (Phi) is 14.3. The van der Waals surface area contributed by atoms with Crippen LogP contribution in [0.15, 0.2) is 35.5 Å². The van der Waals surface area contributed by atoms with Crippen LogP contribution in [0.5, 0.6) is 0 Å². The van der Waals surface area contributed by atoms with Gasteiger partial charge in [-0.05, 0) is 105 Å². The highest BCUT2D eigenvalue weighted by Crippen LogP contribution is 2.72. The van der Waals surface area contributed by atoms with E-state index >= 15 is 0 Å². The van der Waals surface area contributed by atoms with E-state index in [0.717, 1.165) is 61.7 Å². The van der Waals surface area contributed by atoms with Gasteiger partial charge in [-0.25, -0.2) is 4.79 Å². The molecule has 0 radical (unpaired) electrons. The third-order valence-corrected chi connectivity index (χ3v) is 14.7. The first-order chi connectivity index (χ1) is 22.4. The van der Waals surface area contributed by atoms with Gasteiger partial charge in [0.1, 0.15) is 0 Å². The van der Waals surface area contributed by atoms with Crippen LogP contribution in [0.4, 0.5) is 0 Å². The number of fused-ring (bicyclic) bond motifs is 5. The molecule has 4 aliphatic carbocycles. The van der Waals surface area contributed by atoms with Crippen LogP contribution in [0.25, 0.3) is 0 Å². The number of rotatable bonds is 20. The van der Waals surface area contributed by atoms with E-state index in [0.29, 0.717) is 10.8 Å². The molecular weight excluding hydrogens is 576 g/mol. The summed E-state index contributed by atoms with van der Waals surface area (Å²) in [6.07, 6.45) is 36.1. The normalized spacial score (nSPS) is 33.2. The monoisotopic (exact) mass is 651 g/mol. The molecule has 0 aromatic carbocycles. The SMILES string of the molecule is CC(C)[C@@H](C)CC[C@@H](C)[C@H]1CC[C@H]2C3=CC=C4CC(O)CC[C@]4(C)C3(CCCCCCCCCCCCCC=CC(=O)O)CC[C@]12C. The lowest BCUT2D eigenvalue weighted by Gasteiger charge is -2.62. The highest BCUT2D eigenvalue weighted by Gasteiger charge is 2.63. The van der Waals surface area contributed by atoms with Gasteiger partial charge in [0, 0.05) is 11.5 Å². The summed E-state index contributed by atoms with van der Waals surface area (Å²) in [5.41, 5.74) is 4.38. The average molecular weight is 651 g/mol. The second-order valence-corrected chi connectivity index (χ2v) is 17.8. The summed E-state index contributed by atoms with van der Waals surface area (Å²) in [4.78, 5) is 10.5. The fourth-order valence-electron chi connectivity index (χ4n) is 11.2. The van der Waals surface area contributed by atoms with E-state index in [4.69, 9.17) is 5.11 Å². The molecule has 3 fully saturated rings. The maximum atomic E-state index is 10.7. The molecule has 268 valence electrons. The number of carboxylic acid groups (broad SMARTS) is 1. The number of hydrogen-bond acceptors (Lipinski definition) is 2. The van der Waals surface area contributed by atoms with Crippen molar-refractivity contribution in [1.29, 1.82) is 0 Å². The lowest BCUT2D eigenvalue weighted by molar-refractivity contribution is -0.131. The summed E-state index contributed by atoms with van der Waals surface area (Å²) in [7, 11) is 0. The first-order valence-electron chi connectivity index (χ1n) is 20.4. The Labute approximate surface area is 290 Å². The summed E-state index contributed by atoms with van der Waals surface area (Å²) in [6.45, 7) is 15.2. The third kappa shape index (κ3) is 9.07. The molecule has 3 nitrogen and oxygen atoms in total. The predicted molar refractivity (Wildman–Crippen MR) is 199 cm³/mol. The van der Waals surface area contributed by atoms with Crippen LogP contribution in [0.2, 0.25) is 0 Å². The quantitative estimate of drug-likeness (QED) is 0.102. The minimum atomic E-state index is -0.836. The van der Waals surface area contributed by atoms with E-state index in [1.807, 2.05) is 5.57 Å². The second-order valence-electron chi connectivity index (χ2n) is 17.8. The fourth-order valence-corrected chi connectivity index (χ4v) is 11.2. The molecule has 0 aromatic rings. The molecule has 4 rings (SSSR count). The maximum Gasteiger partial charge on any atom is 0.327 e. The van der Waals surface area contributed by atoms with Gasteiger partial charge in [-0.3, -0.25) is 0 Å². The topological polar surface area (TPSA) is 57.5 Å². The Morgan fingerprint density at radius 3 is 2.11 bits per heavy atom. The van der Waals surface area contributed by atoms with Crippen LogP contribution in [-0.4, -0.2) is 22.3 Å². The molecule has 4 aliphatic rings. The Bertz CT molecular complexity index is 1080. The number of carboxylic acids is 1. The summed E-state index contributed by atoms with van der Waals surface area (Å²) >= 11 is 0. The molecule has 2 N–H and O–H groups in total. The minimum absolute atomic E-state index is 0.152. The molecule has 0 saturated heterocycles. The maximum absolute atomic E-state index is 10.7. The predicted octanol–water partition coefficient (Wildman–Crippen LogP) is 12.6. The van der Waals surface area contributed by atoms with E-state index in [-0.39, 0.29) is 11.5 Å². The van der Waals surface area contributed by atoms with E-state index in [1.165, 1.54) is 115 Å². The summed E-state index contributed by atoms with van der Waals surface area (Å²) in [5.74, 6) is 3.20. The van der Waals surface area contributed by atoms with Crippen LogP contribution in [0.1, 0.15) is 183 Å². The van der Waals surface area contributed by atoms with Gasteiger partial charge in [-0.1, -0.05) is 148 Å². The van der Waals surface area contributed by atoms with E-state index in [1.54, 1.807) is 11.6 Å². The zero-order valence-electron chi connectivity index (χ0n) is 31.6. The number of unbranched alkanes of at least 4 members (excludes halogenated alkanes) is 11. The van der Waals surface area contributed by atoms with Crippen molar-refractivity contribution in [3.63, 3.8) is 0 Å². The minimum Gasteiger partial charge on any atom is -0.478 e. The van der Waals surface area contributed by atoms with Crippen LogP contribution in [0, 0.1) is 45.8 Å². The van der Waals surface area contributed by atoms with Gasteiger partial charge < -0.3 is 10.2 Å². The highest BCUT2D eigenvalue weighted by molar-refractivity contribution is 5.79. The van der Waals surface area contributed by atoms with Gasteiger partial charge in [0.15, 0.2) is 0 Å². The van der Waals surface area contributed by atoms with Crippen molar-refractivity contribution in [3.05, 3.63) is 35.5 Å². The standard InChI is InChI=1S/C44H74O3/c1-33(2)34(3)21-22-35(4)38-25-26-39-40-24-23-36-32-37(45)27-29-43(36,6)44(40,31-30-42(38,39)5)28-19-17-15-13-11-9-7-8-10-12-14-16-18-20-41(46)47/h18,20,23-24,33-35,37-39,45H,7-17,19,21-22,25-32H2,1-6H3,(H,46,47)/t34-,35+,37?,38+,39-,42+,43-,44?/m0/s1. The zero-order valence-corrected chi connectivity index (χ0v) is 31.6. The third-order valence-electron chi connectivity index (χ3n) is 14.7. The summed E-state index contributed by atoms with van der Waals surface area (Å²) in [6, 6.07) is 0. The van der Waals surface area contributed by atoms with Gasteiger partial charge >= 0.3 is 5.97 Å². The Hall–Kier alpha value is -1.35. The van der Waals surface area contributed by atoms with Crippen molar-refractivity contribution in [2.75, 3.05) is 0 Å². The summed E-state index contributed by atoms with van der Waals surface area (Å²) < 4.78 is 0. The van der Waals surface area contributed by atoms with E-state index in [2.05, 4.69) is 53.7 Å². The smallest absolute Gasteiger partial charge is 0.327 e. The van der Waals surface area contributed by atoms with Gasteiger partial charge in [-0.15, -0.1) is 0 Å². The zero-order chi connectivity index (χ0) is 34.1. The summed E-state index contributed by atoms with van der Waals surface area (Å²) in [5, 5.41) is 19.4. The highest BCUT2D eigenvalue weighted by atomic mass is 16.4. The Morgan fingerprint density at radius 2 is 1.47 bits per heavy atom. The number of aliphatic hydroxyl groups is 1. The van der Waals surface area contributed by atoms with Crippen molar-refractivity contribution in [3.8, 4) is 0 Å². The molecule has 0 bridgehead atoms. The van der Waals surface area contributed by atoms with Crippen molar-refractivity contribution in [2.24, 2.45) is 45.8 Å². The molecular formula is C44H74O3. The molecule has 3 saturated carbocycles. The number of carbonyl (C=O) groups is 1. The Balaban J connectivity index is 1.29. The lowest BCUT2D eigenvalue weighted by Crippen LogP contribution is -2.54. The van der Waals surface area contributed by atoms with Crippen LogP contribution in [0.3, 0.4) is 0 Å². The first kappa shape index (κ1) is 38.5. The van der Waals surface area contributed by atoms with E-state index in [9.17, 15) is 9.90 Å². The fraction of sp³-hybridized carbons (Fsp3) is 0.841. The Morgan fingerprint density at radius 1 is 0.830 bits per heavy atom. The number of aliphatic carboxylic acids is 1. The number of aliphatic hydroxyl groups excluding tert-OH is 1. The van der Waals surface area contributed by atoms with Gasteiger partial charge in [0.05, 0.1) is 6.10 Å². The molecule has 0 amide bonds. The molecule has 3 heteroatoms. The van der Waals surface area contributed by atoms with Gasteiger partial charge in [-0.2, -0.15) is 0 Å². The molecule has 8 atom stereocenters. The molecule has 0 aromatic heterocycles. The molecule has 0 spiro atoms. The number of allylic oxidation sites excluding steroid dienone is 4. The van der Waals surface area contributed by atoms with Gasteiger partial charge in [0.25, 0.3) is 0 Å². The van der Waals surface area contributed by atoms with Crippen LogP contribution >= 0.6 is 0 Å². The largest absolute Gasteiger partial charge is 0.478 e. The average Bonchev–Trinajstić information content (AvgIpc) is 3.39. The second kappa shape index (κ2) is 17.5. The molecule has 2 unspecified atom stereocenters.